The molecule has 1 aliphatic carbocycles. The molecule has 5 rings (SSSR count). The summed E-state index contributed by atoms with van der Waals surface area (Å²) in [5, 5.41) is 13.1. The lowest BCUT2D eigenvalue weighted by atomic mass is 9.80. The molecule has 4 aromatic rings. The van der Waals surface area contributed by atoms with E-state index in [0.29, 0.717) is 34.3 Å². The van der Waals surface area contributed by atoms with E-state index in [0.717, 1.165) is 42.5 Å². The third kappa shape index (κ3) is 5.41. The lowest BCUT2D eigenvalue weighted by molar-refractivity contribution is -0.137. The first-order valence-corrected chi connectivity index (χ1v) is 13.1. The smallest absolute Gasteiger partial charge is 0.416 e. The number of pyridine rings is 1. The van der Waals surface area contributed by atoms with Gasteiger partial charge in [-0.2, -0.15) is 13.2 Å². The second-order valence-electron chi connectivity index (χ2n) is 10.1. The normalized spacial score (nSPS) is 15.2. The van der Waals surface area contributed by atoms with Crippen LogP contribution in [0.25, 0.3) is 28.3 Å². The molecule has 40 heavy (non-hydrogen) atoms. The molecule has 0 bridgehead atoms. The molecule has 1 aromatic carbocycles. The zero-order chi connectivity index (χ0) is 28.6. The number of nitrogens with zero attached hydrogens (tertiary/aromatic N) is 5. The van der Waals surface area contributed by atoms with Crippen molar-refractivity contribution in [2.45, 2.75) is 58.8 Å². The van der Waals surface area contributed by atoms with Gasteiger partial charge < -0.3 is 15.0 Å². The summed E-state index contributed by atoms with van der Waals surface area (Å²) >= 11 is 0. The van der Waals surface area contributed by atoms with E-state index < -0.39 is 23.5 Å². The Hall–Kier alpha value is -4.28. The van der Waals surface area contributed by atoms with Crippen molar-refractivity contribution in [3.05, 3.63) is 71.2 Å². The van der Waals surface area contributed by atoms with E-state index in [1.807, 2.05) is 39.0 Å². The van der Waals surface area contributed by atoms with Gasteiger partial charge in [0.1, 0.15) is 11.2 Å². The monoisotopic (exact) mass is 550 g/mol. The number of halogens is 3. The molecular formula is C29H29F3N6O2. The van der Waals surface area contributed by atoms with Crippen LogP contribution in [0.2, 0.25) is 0 Å². The van der Waals surface area contributed by atoms with Crippen molar-refractivity contribution in [2.24, 2.45) is 5.92 Å². The number of carbonyl (C=O) groups is 1. The number of imidazole rings is 1. The molecule has 208 valence electrons. The number of benzene rings is 1. The van der Waals surface area contributed by atoms with Crippen LogP contribution >= 0.6 is 0 Å². The standard InChI is InChI=1S/C29H29F3N6O2/c1-4-16(2)20-12-13-33-22(14-20)27-37-25-23(38(27)15-18-8-10-21(11-9-18)29(30,31)32)24(35-26(36-25)28(39)40)34-17(3)19-6-5-7-19/h4,8-14,17,19H,5-7,15H2,1-3H3,(H,39,40)(H,34,35,36)/b16-4+. The summed E-state index contributed by atoms with van der Waals surface area (Å²) in [4.78, 5) is 29.7. The highest BCUT2D eigenvalue weighted by atomic mass is 19.4. The van der Waals surface area contributed by atoms with Crippen LogP contribution in [0.5, 0.6) is 0 Å². The molecule has 3 heterocycles. The van der Waals surface area contributed by atoms with Crippen LogP contribution in [-0.4, -0.2) is 41.6 Å². The van der Waals surface area contributed by atoms with Gasteiger partial charge in [0.15, 0.2) is 17.3 Å². The molecule has 1 fully saturated rings. The molecule has 0 radical (unpaired) electrons. The van der Waals surface area contributed by atoms with E-state index >= 15 is 0 Å². The van der Waals surface area contributed by atoms with Gasteiger partial charge in [-0.05, 0) is 80.5 Å². The summed E-state index contributed by atoms with van der Waals surface area (Å²) in [6, 6.07) is 8.68. The topological polar surface area (TPSA) is 106 Å². The maximum Gasteiger partial charge on any atom is 0.416 e. The molecule has 1 aliphatic rings. The van der Waals surface area contributed by atoms with Gasteiger partial charge in [0.2, 0.25) is 5.82 Å². The molecule has 0 amide bonds. The van der Waals surface area contributed by atoms with Crippen LogP contribution in [0.3, 0.4) is 0 Å². The summed E-state index contributed by atoms with van der Waals surface area (Å²) in [5.41, 5.74) is 2.93. The van der Waals surface area contributed by atoms with E-state index in [9.17, 15) is 23.1 Å². The van der Waals surface area contributed by atoms with Gasteiger partial charge in [-0.25, -0.2) is 19.7 Å². The summed E-state index contributed by atoms with van der Waals surface area (Å²) in [6.07, 6.45) is 2.44. The van der Waals surface area contributed by atoms with Crippen molar-refractivity contribution < 1.29 is 23.1 Å². The molecule has 1 atom stereocenters. The molecular weight excluding hydrogens is 521 g/mol. The minimum absolute atomic E-state index is 0.0187. The Morgan fingerprint density at radius 1 is 1.18 bits per heavy atom. The number of fused-ring (bicyclic) bond motifs is 1. The van der Waals surface area contributed by atoms with Crippen LogP contribution in [0.4, 0.5) is 19.0 Å². The van der Waals surface area contributed by atoms with E-state index in [-0.39, 0.29) is 18.2 Å². The minimum atomic E-state index is -4.45. The second-order valence-corrected chi connectivity index (χ2v) is 10.1. The fraction of sp³-hybridized carbons (Fsp3) is 0.345. The number of rotatable bonds is 8. The van der Waals surface area contributed by atoms with Gasteiger partial charge in [0, 0.05) is 18.8 Å². The number of allylic oxidation sites excluding steroid dienone is 2. The number of hydrogen-bond acceptors (Lipinski definition) is 6. The van der Waals surface area contributed by atoms with Crippen LogP contribution in [0.15, 0.2) is 48.7 Å². The maximum atomic E-state index is 13.2. The van der Waals surface area contributed by atoms with E-state index in [1.54, 1.807) is 10.8 Å². The third-order valence-electron chi connectivity index (χ3n) is 7.51. The fourth-order valence-electron chi connectivity index (χ4n) is 4.80. The Bertz CT molecular complexity index is 1590. The first-order chi connectivity index (χ1) is 19.0. The van der Waals surface area contributed by atoms with E-state index in [1.165, 1.54) is 12.1 Å². The summed E-state index contributed by atoms with van der Waals surface area (Å²) in [5.74, 6) is -0.548. The number of aromatic nitrogens is 5. The predicted octanol–water partition coefficient (Wildman–Crippen LogP) is 6.68. The van der Waals surface area contributed by atoms with E-state index in [4.69, 9.17) is 4.98 Å². The van der Waals surface area contributed by atoms with Gasteiger partial charge in [-0.3, -0.25) is 4.98 Å². The average molecular weight is 551 g/mol. The highest BCUT2D eigenvalue weighted by Crippen LogP contribution is 2.34. The molecule has 0 spiro atoms. The van der Waals surface area contributed by atoms with Crippen LogP contribution in [-0.2, 0) is 12.7 Å². The summed E-state index contributed by atoms with van der Waals surface area (Å²) in [6.45, 7) is 6.07. The molecule has 0 saturated heterocycles. The Morgan fingerprint density at radius 3 is 2.50 bits per heavy atom. The lowest BCUT2D eigenvalue weighted by Gasteiger charge is -2.32. The number of carboxylic acids is 1. The molecule has 0 aliphatic heterocycles. The number of alkyl halides is 3. The Morgan fingerprint density at radius 2 is 1.90 bits per heavy atom. The highest BCUT2D eigenvalue weighted by molar-refractivity contribution is 5.92. The summed E-state index contributed by atoms with van der Waals surface area (Å²) in [7, 11) is 0. The van der Waals surface area contributed by atoms with Crippen LogP contribution < -0.4 is 5.32 Å². The van der Waals surface area contributed by atoms with Crippen molar-refractivity contribution in [3.8, 4) is 11.5 Å². The van der Waals surface area contributed by atoms with Gasteiger partial charge in [-0.1, -0.05) is 24.6 Å². The van der Waals surface area contributed by atoms with Crippen LogP contribution in [0, 0.1) is 5.92 Å². The Kier molecular flexibility index (Phi) is 7.31. The highest BCUT2D eigenvalue weighted by Gasteiger charge is 2.30. The molecule has 8 nitrogen and oxygen atoms in total. The lowest BCUT2D eigenvalue weighted by Crippen LogP contribution is -2.31. The molecule has 3 aromatic heterocycles. The van der Waals surface area contributed by atoms with Crippen LogP contribution in [0.1, 0.15) is 67.3 Å². The molecule has 11 heteroatoms. The Balaban J connectivity index is 1.70. The van der Waals surface area contributed by atoms with Crippen molar-refractivity contribution in [2.75, 3.05) is 5.32 Å². The largest absolute Gasteiger partial charge is 0.475 e. The summed E-state index contributed by atoms with van der Waals surface area (Å²) < 4.78 is 41.4. The third-order valence-corrected chi connectivity index (χ3v) is 7.51. The van der Waals surface area contributed by atoms with Gasteiger partial charge in [-0.15, -0.1) is 0 Å². The van der Waals surface area contributed by atoms with Crippen molar-refractivity contribution in [1.82, 2.24) is 24.5 Å². The number of anilines is 1. The van der Waals surface area contributed by atoms with Crippen molar-refractivity contribution >= 4 is 28.5 Å². The van der Waals surface area contributed by atoms with Gasteiger partial charge in [0.05, 0.1) is 5.56 Å². The quantitative estimate of drug-likeness (QED) is 0.252. The van der Waals surface area contributed by atoms with Crippen molar-refractivity contribution in [1.29, 1.82) is 0 Å². The first-order valence-electron chi connectivity index (χ1n) is 13.1. The zero-order valence-electron chi connectivity index (χ0n) is 22.3. The molecule has 1 unspecified atom stereocenters. The number of aromatic carboxylic acids is 1. The van der Waals surface area contributed by atoms with Gasteiger partial charge in [0.25, 0.3) is 0 Å². The van der Waals surface area contributed by atoms with E-state index in [2.05, 4.69) is 20.3 Å². The number of nitrogens with one attached hydrogen (secondary N) is 1. The molecule has 1 saturated carbocycles. The number of hydrogen-bond donors (Lipinski definition) is 2. The zero-order valence-corrected chi connectivity index (χ0v) is 22.3. The first kappa shape index (κ1) is 27.3. The van der Waals surface area contributed by atoms with Gasteiger partial charge >= 0.3 is 12.1 Å². The average Bonchev–Trinajstić information content (AvgIpc) is 3.25. The SMILES string of the molecule is C/C=C(\C)c1ccnc(-c2nc3nc(C(=O)O)nc(NC(C)C4CCC4)c3n2Cc2ccc(C(F)(F)F)cc2)c1. The van der Waals surface area contributed by atoms with Crippen molar-refractivity contribution in [3.63, 3.8) is 0 Å². The second kappa shape index (κ2) is 10.7. The Labute approximate surface area is 229 Å². The fourth-order valence-corrected chi connectivity index (χ4v) is 4.80. The molecule has 2 N–H and O–H groups in total. The minimum Gasteiger partial charge on any atom is -0.475 e. The maximum absolute atomic E-state index is 13.2. The predicted molar refractivity (Wildman–Crippen MR) is 146 cm³/mol. The number of carboxylic acid groups (broad SMARTS) is 1.